The molecule has 0 fully saturated rings. The minimum Gasteiger partial charge on any atom is -0.291 e. The van der Waals surface area contributed by atoms with Gasteiger partial charge in [0.2, 0.25) is 0 Å². The van der Waals surface area contributed by atoms with Crippen LogP contribution in [0.1, 0.15) is 26.2 Å². The van der Waals surface area contributed by atoms with Crippen molar-refractivity contribution >= 4 is 60.4 Å². The second-order valence-corrected chi connectivity index (χ2v) is 8.39. The first-order valence-corrected chi connectivity index (χ1v) is 9.89. The van der Waals surface area contributed by atoms with E-state index in [4.69, 9.17) is 11.6 Å². The Morgan fingerprint density at radius 2 is 1.89 bits per heavy atom. The highest BCUT2D eigenvalue weighted by atomic mass is 35.5. The molecule has 1 atom stereocenters. The number of hydrogen-bond donors (Lipinski definition) is 0. The zero-order valence-electron chi connectivity index (χ0n) is 13.7. The summed E-state index contributed by atoms with van der Waals surface area (Å²) in [5.41, 5.74) is -0.727. The maximum absolute atomic E-state index is 13.0. The summed E-state index contributed by atoms with van der Waals surface area (Å²) in [5, 5.41) is 10.7. The third-order valence-electron chi connectivity index (χ3n) is 4.13. The van der Waals surface area contributed by atoms with Gasteiger partial charge in [0.15, 0.2) is 11.7 Å². The Morgan fingerprint density at radius 3 is 2.57 bits per heavy atom. The molecule has 2 aromatic carbocycles. The molecule has 0 bridgehead atoms. The molecule has 0 amide bonds. The van der Waals surface area contributed by atoms with Crippen LogP contribution in [0.25, 0.3) is 20.3 Å². The Labute approximate surface area is 169 Å². The third-order valence-corrected chi connectivity index (χ3v) is 6.92. The minimum atomic E-state index is -4.49. The van der Waals surface area contributed by atoms with Gasteiger partial charge in [0.1, 0.15) is 5.01 Å². The van der Waals surface area contributed by atoms with Gasteiger partial charge in [-0.1, -0.05) is 29.8 Å². The van der Waals surface area contributed by atoms with Gasteiger partial charge in [-0.2, -0.15) is 18.4 Å². The molecule has 3 nitrogen and oxygen atoms in total. The fourth-order valence-corrected chi connectivity index (χ4v) is 5.26. The van der Waals surface area contributed by atoms with Crippen molar-refractivity contribution < 1.29 is 18.0 Å². The van der Waals surface area contributed by atoms with Crippen LogP contribution in [0.3, 0.4) is 0 Å². The number of rotatable bonds is 3. The molecule has 0 N–H and O–H groups in total. The molecule has 0 radical (unpaired) electrons. The van der Waals surface area contributed by atoms with Crippen LogP contribution in [-0.2, 0) is 6.18 Å². The topological polar surface area (TPSA) is 53.8 Å². The maximum atomic E-state index is 13.0. The Morgan fingerprint density at radius 1 is 1.14 bits per heavy atom. The third kappa shape index (κ3) is 3.15. The number of ketones is 1. The number of benzene rings is 2. The summed E-state index contributed by atoms with van der Waals surface area (Å²) in [6, 6.07) is 12.3. The Kier molecular flexibility index (Phi) is 4.62. The molecule has 0 aliphatic heterocycles. The van der Waals surface area contributed by atoms with Crippen molar-refractivity contribution in [3.8, 4) is 6.07 Å². The minimum absolute atomic E-state index is 0.102. The van der Waals surface area contributed by atoms with Crippen molar-refractivity contribution in [3.05, 3.63) is 62.9 Å². The van der Waals surface area contributed by atoms with Crippen LogP contribution in [0.4, 0.5) is 13.2 Å². The Balaban J connectivity index is 1.77. The van der Waals surface area contributed by atoms with E-state index in [-0.39, 0.29) is 20.4 Å². The Bertz CT molecular complexity index is 1270. The van der Waals surface area contributed by atoms with Crippen LogP contribution in [0, 0.1) is 11.3 Å². The number of Topliss-reactive ketones (excluding diaryl/α,β-unsaturated/α-hetero) is 1. The average Bonchev–Trinajstić information content (AvgIpc) is 3.22. The SMILES string of the molecule is N#CC(C(=O)c1sc2ccccc2c1Cl)c1nc2cc(C(F)(F)F)ccc2s1. The normalized spacial score (nSPS) is 13.0. The van der Waals surface area contributed by atoms with E-state index in [1.54, 1.807) is 12.1 Å². The summed E-state index contributed by atoms with van der Waals surface area (Å²) in [4.78, 5) is 17.3. The zero-order valence-corrected chi connectivity index (χ0v) is 16.1. The zero-order chi connectivity index (χ0) is 20.1. The number of carbonyl (C=O) groups excluding carboxylic acids is 1. The number of thiophene rings is 1. The summed E-state index contributed by atoms with van der Waals surface area (Å²) in [7, 11) is 0. The lowest BCUT2D eigenvalue weighted by Gasteiger charge is -2.05. The molecular weight excluding hydrogens is 429 g/mol. The van der Waals surface area contributed by atoms with Crippen molar-refractivity contribution in [2.45, 2.75) is 12.1 Å². The predicted octanol–water partition coefficient (Wildman–Crippen LogP) is 6.67. The van der Waals surface area contributed by atoms with Crippen LogP contribution in [0.2, 0.25) is 5.02 Å². The molecule has 0 saturated carbocycles. The van der Waals surface area contributed by atoms with E-state index in [1.165, 1.54) is 17.4 Å². The fraction of sp³-hybridized carbons (Fsp3) is 0.105. The van der Waals surface area contributed by atoms with Crippen molar-refractivity contribution in [1.29, 1.82) is 5.26 Å². The number of alkyl halides is 3. The molecule has 28 heavy (non-hydrogen) atoms. The summed E-state index contributed by atoms with van der Waals surface area (Å²) >= 11 is 8.53. The van der Waals surface area contributed by atoms with Crippen LogP contribution >= 0.6 is 34.3 Å². The maximum Gasteiger partial charge on any atom is 0.416 e. The second-order valence-electron chi connectivity index (χ2n) is 5.90. The summed E-state index contributed by atoms with van der Waals surface area (Å²) < 4.78 is 40.0. The van der Waals surface area contributed by atoms with Crippen LogP contribution < -0.4 is 0 Å². The fourth-order valence-electron chi connectivity index (χ4n) is 2.77. The summed E-state index contributed by atoms with van der Waals surface area (Å²) in [5.74, 6) is -1.75. The molecule has 9 heteroatoms. The van der Waals surface area contributed by atoms with Crippen LogP contribution in [0.15, 0.2) is 42.5 Å². The van der Waals surface area contributed by atoms with Gasteiger partial charge in [0.25, 0.3) is 0 Å². The van der Waals surface area contributed by atoms with E-state index in [1.807, 2.05) is 18.2 Å². The molecule has 2 heterocycles. The van der Waals surface area contributed by atoms with Crippen LogP contribution in [0.5, 0.6) is 0 Å². The molecule has 4 rings (SSSR count). The van der Waals surface area contributed by atoms with Crippen molar-refractivity contribution in [2.75, 3.05) is 0 Å². The van der Waals surface area contributed by atoms with Crippen molar-refractivity contribution in [1.82, 2.24) is 4.98 Å². The summed E-state index contributed by atoms with van der Waals surface area (Å²) in [6.45, 7) is 0. The number of nitrogens with zero attached hydrogens (tertiary/aromatic N) is 2. The molecule has 2 aromatic heterocycles. The molecular formula is C19H8ClF3N2OS2. The predicted molar refractivity (Wildman–Crippen MR) is 104 cm³/mol. The van der Waals surface area contributed by atoms with E-state index >= 15 is 0 Å². The molecule has 4 aromatic rings. The van der Waals surface area contributed by atoms with Gasteiger partial charge in [0.05, 0.1) is 31.7 Å². The van der Waals surface area contributed by atoms with E-state index < -0.39 is 23.4 Å². The van der Waals surface area contributed by atoms with Gasteiger partial charge in [-0.25, -0.2) is 4.98 Å². The molecule has 0 spiro atoms. The van der Waals surface area contributed by atoms with Crippen LogP contribution in [-0.4, -0.2) is 10.8 Å². The lowest BCUT2D eigenvalue weighted by atomic mass is 10.1. The monoisotopic (exact) mass is 436 g/mol. The average molecular weight is 437 g/mol. The first-order chi connectivity index (χ1) is 13.3. The quantitative estimate of drug-likeness (QED) is 0.337. The Hall–Kier alpha value is -2.47. The van der Waals surface area contributed by atoms with E-state index in [0.717, 1.165) is 28.2 Å². The van der Waals surface area contributed by atoms with Gasteiger partial charge in [-0.15, -0.1) is 22.7 Å². The smallest absolute Gasteiger partial charge is 0.291 e. The number of halogens is 4. The van der Waals surface area contributed by atoms with E-state index in [9.17, 15) is 23.2 Å². The van der Waals surface area contributed by atoms with Crippen molar-refractivity contribution in [2.24, 2.45) is 0 Å². The molecule has 0 aliphatic rings. The van der Waals surface area contributed by atoms with E-state index in [0.29, 0.717) is 10.1 Å². The second kappa shape index (κ2) is 6.85. The molecule has 0 saturated heterocycles. The number of hydrogen-bond acceptors (Lipinski definition) is 5. The molecule has 1 unspecified atom stereocenters. The van der Waals surface area contributed by atoms with Crippen molar-refractivity contribution in [3.63, 3.8) is 0 Å². The lowest BCUT2D eigenvalue weighted by molar-refractivity contribution is -0.137. The first-order valence-electron chi connectivity index (χ1n) is 7.88. The number of fused-ring (bicyclic) bond motifs is 2. The number of thiazole rings is 1. The highest BCUT2D eigenvalue weighted by Crippen LogP contribution is 2.39. The lowest BCUT2D eigenvalue weighted by Crippen LogP contribution is -2.10. The van der Waals surface area contributed by atoms with Gasteiger partial charge < -0.3 is 0 Å². The highest BCUT2D eigenvalue weighted by Gasteiger charge is 2.32. The standard InChI is InChI=1S/C19H8ClF3N2OS2/c20-15-10-3-1-2-4-13(10)27-17(15)16(26)11(8-24)18-25-12-7-9(19(21,22)23)5-6-14(12)28-18/h1-7,11H. The highest BCUT2D eigenvalue weighted by molar-refractivity contribution is 7.22. The molecule has 0 aliphatic carbocycles. The number of nitriles is 1. The largest absolute Gasteiger partial charge is 0.416 e. The van der Waals surface area contributed by atoms with Gasteiger partial charge in [-0.3, -0.25) is 4.79 Å². The summed E-state index contributed by atoms with van der Waals surface area (Å²) in [6.07, 6.45) is -4.49. The van der Waals surface area contributed by atoms with Gasteiger partial charge in [-0.05, 0) is 24.3 Å². The number of carbonyl (C=O) groups is 1. The number of aromatic nitrogens is 1. The van der Waals surface area contributed by atoms with Gasteiger partial charge >= 0.3 is 6.18 Å². The molecule has 140 valence electrons. The van der Waals surface area contributed by atoms with E-state index in [2.05, 4.69) is 4.98 Å². The first kappa shape index (κ1) is 18.9. The van der Waals surface area contributed by atoms with Gasteiger partial charge in [0, 0.05) is 10.1 Å².